The third-order valence-corrected chi connectivity index (χ3v) is 3.94. The molecule has 6 heteroatoms. The number of hydrogen-bond donors (Lipinski definition) is 1. The Bertz CT molecular complexity index is 825. The third-order valence-electron chi connectivity index (χ3n) is 3.94. The Hall–Kier alpha value is -2.63. The van der Waals surface area contributed by atoms with Crippen molar-refractivity contribution in [2.45, 2.75) is 52.7 Å². The molecule has 0 amide bonds. The van der Waals surface area contributed by atoms with Crippen LogP contribution in [0.5, 0.6) is 5.75 Å². The van der Waals surface area contributed by atoms with Crippen molar-refractivity contribution in [1.82, 2.24) is 19.6 Å². The monoisotopic (exact) mass is 339 g/mol. The number of fused-ring (bicyclic) bond motifs is 1. The van der Waals surface area contributed by atoms with Gasteiger partial charge in [-0.15, -0.1) is 0 Å². The maximum atomic E-state index is 5.68. The van der Waals surface area contributed by atoms with Gasteiger partial charge in [0, 0.05) is 17.8 Å². The molecule has 2 heterocycles. The number of anilines is 1. The standard InChI is InChI=1S/C19H25N5O/c1-13(2)25-17-9-7-16(8-10-17)6-5-14(3)22-18-11-15(4)23-19-20-12-21-24(18)19/h7-14,22H,5-6H2,1-4H3. The first kappa shape index (κ1) is 17.2. The number of nitrogens with zero attached hydrogens (tertiary/aromatic N) is 4. The molecular weight excluding hydrogens is 314 g/mol. The Balaban J connectivity index is 1.59. The molecule has 0 saturated heterocycles. The molecule has 0 fully saturated rings. The summed E-state index contributed by atoms with van der Waals surface area (Å²) in [6.45, 7) is 8.21. The van der Waals surface area contributed by atoms with Gasteiger partial charge in [0.1, 0.15) is 17.9 Å². The maximum absolute atomic E-state index is 5.68. The van der Waals surface area contributed by atoms with E-state index in [1.54, 1.807) is 4.52 Å². The van der Waals surface area contributed by atoms with Crippen LogP contribution < -0.4 is 10.1 Å². The Morgan fingerprint density at radius 2 is 1.92 bits per heavy atom. The van der Waals surface area contributed by atoms with E-state index in [0.717, 1.165) is 30.1 Å². The van der Waals surface area contributed by atoms with Gasteiger partial charge in [-0.3, -0.25) is 0 Å². The average molecular weight is 339 g/mol. The molecule has 0 aliphatic carbocycles. The maximum Gasteiger partial charge on any atom is 0.254 e. The molecule has 1 unspecified atom stereocenters. The molecule has 0 radical (unpaired) electrons. The van der Waals surface area contributed by atoms with Gasteiger partial charge >= 0.3 is 0 Å². The van der Waals surface area contributed by atoms with Crippen LogP contribution in [0, 0.1) is 6.92 Å². The molecule has 25 heavy (non-hydrogen) atoms. The zero-order valence-electron chi connectivity index (χ0n) is 15.2. The van der Waals surface area contributed by atoms with Crippen molar-refractivity contribution in [3.8, 4) is 5.75 Å². The van der Waals surface area contributed by atoms with Crippen molar-refractivity contribution in [3.63, 3.8) is 0 Å². The van der Waals surface area contributed by atoms with E-state index >= 15 is 0 Å². The molecule has 3 aromatic rings. The Morgan fingerprint density at radius 1 is 1.16 bits per heavy atom. The highest BCUT2D eigenvalue weighted by Gasteiger charge is 2.09. The van der Waals surface area contributed by atoms with Gasteiger partial charge in [-0.2, -0.15) is 14.6 Å². The SMILES string of the molecule is Cc1cc(NC(C)CCc2ccc(OC(C)C)cc2)n2ncnc2n1. The zero-order chi connectivity index (χ0) is 17.8. The lowest BCUT2D eigenvalue weighted by Crippen LogP contribution is -2.18. The second-order valence-electron chi connectivity index (χ2n) is 6.65. The van der Waals surface area contributed by atoms with Gasteiger partial charge in [-0.05, 0) is 58.2 Å². The van der Waals surface area contributed by atoms with E-state index in [1.165, 1.54) is 11.9 Å². The van der Waals surface area contributed by atoms with Crippen molar-refractivity contribution in [3.05, 3.63) is 47.9 Å². The highest BCUT2D eigenvalue weighted by atomic mass is 16.5. The van der Waals surface area contributed by atoms with Crippen molar-refractivity contribution < 1.29 is 4.74 Å². The molecule has 1 N–H and O–H groups in total. The topological polar surface area (TPSA) is 64.3 Å². The lowest BCUT2D eigenvalue weighted by molar-refractivity contribution is 0.242. The Labute approximate surface area is 148 Å². The number of aromatic nitrogens is 4. The summed E-state index contributed by atoms with van der Waals surface area (Å²) in [5.74, 6) is 2.47. The van der Waals surface area contributed by atoms with Crippen molar-refractivity contribution >= 4 is 11.6 Å². The first-order valence-electron chi connectivity index (χ1n) is 8.71. The summed E-state index contributed by atoms with van der Waals surface area (Å²) in [7, 11) is 0. The van der Waals surface area contributed by atoms with Crippen LogP contribution in [0.3, 0.4) is 0 Å². The van der Waals surface area contributed by atoms with Gasteiger partial charge in [0.15, 0.2) is 0 Å². The Morgan fingerprint density at radius 3 is 2.64 bits per heavy atom. The number of benzene rings is 1. The van der Waals surface area contributed by atoms with E-state index in [-0.39, 0.29) is 6.10 Å². The van der Waals surface area contributed by atoms with E-state index in [0.29, 0.717) is 11.8 Å². The highest BCUT2D eigenvalue weighted by Crippen LogP contribution is 2.17. The summed E-state index contributed by atoms with van der Waals surface area (Å²) in [6.07, 6.45) is 3.74. The molecule has 6 nitrogen and oxygen atoms in total. The van der Waals surface area contributed by atoms with Crippen molar-refractivity contribution in [1.29, 1.82) is 0 Å². The molecule has 3 rings (SSSR count). The fourth-order valence-electron chi connectivity index (χ4n) is 2.75. The molecule has 0 bridgehead atoms. The van der Waals surface area contributed by atoms with Gasteiger partial charge in [0.2, 0.25) is 0 Å². The van der Waals surface area contributed by atoms with Crippen LogP contribution in [0.4, 0.5) is 5.82 Å². The predicted octanol–water partition coefficient (Wildman–Crippen LogP) is 3.65. The number of hydrogen-bond acceptors (Lipinski definition) is 5. The van der Waals surface area contributed by atoms with Crippen LogP contribution in [0.25, 0.3) is 5.78 Å². The molecule has 0 aliphatic rings. The smallest absolute Gasteiger partial charge is 0.254 e. The first-order valence-corrected chi connectivity index (χ1v) is 8.71. The minimum absolute atomic E-state index is 0.201. The molecule has 132 valence electrons. The molecule has 0 aliphatic heterocycles. The minimum atomic E-state index is 0.201. The highest BCUT2D eigenvalue weighted by molar-refractivity contribution is 5.45. The second kappa shape index (κ2) is 7.51. The molecular formula is C19H25N5O. The van der Waals surface area contributed by atoms with E-state index in [9.17, 15) is 0 Å². The number of aryl methyl sites for hydroxylation is 2. The quantitative estimate of drug-likeness (QED) is 0.712. The van der Waals surface area contributed by atoms with Crippen LogP contribution in [0.15, 0.2) is 36.7 Å². The van der Waals surface area contributed by atoms with E-state index in [2.05, 4.69) is 39.4 Å². The van der Waals surface area contributed by atoms with E-state index in [1.807, 2.05) is 39.0 Å². The molecule has 1 aromatic carbocycles. The van der Waals surface area contributed by atoms with Gasteiger partial charge in [0.05, 0.1) is 6.10 Å². The van der Waals surface area contributed by atoms with Crippen LogP contribution in [-0.2, 0) is 6.42 Å². The number of nitrogens with one attached hydrogen (secondary N) is 1. The summed E-state index contributed by atoms with van der Waals surface area (Å²) in [5, 5.41) is 7.75. The van der Waals surface area contributed by atoms with E-state index in [4.69, 9.17) is 4.74 Å². The predicted molar refractivity (Wildman–Crippen MR) is 99.1 cm³/mol. The second-order valence-corrected chi connectivity index (χ2v) is 6.65. The molecule has 2 aromatic heterocycles. The fraction of sp³-hybridized carbons (Fsp3) is 0.421. The van der Waals surface area contributed by atoms with Gasteiger partial charge in [-0.25, -0.2) is 4.98 Å². The molecule has 1 atom stereocenters. The first-order chi connectivity index (χ1) is 12.0. The van der Waals surface area contributed by atoms with Crippen LogP contribution in [0.1, 0.15) is 38.4 Å². The van der Waals surface area contributed by atoms with Crippen molar-refractivity contribution in [2.24, 2.45) is 0 Å². The lowest BCUT2D eigenvalue weighted by atomic mass is 10.1. The van der Waals surface area contributed by atoms with Crippen LogP contribution in [0.2, 0.25) is 0 Å². The van der Waals surface area contributed by atoms with Crippen molar-refractivity contribution in [2.75, 3.05) is 5.32 Å². The summed E-state index contributed by atoms with van der Waals surface area (Å²) < 4.78 is 7.42. The third kappa shape index (κ3) is 4.47. The largest absolute Gasteiger partial charge is 0.491 e. The average Bonchev–Trinajstić information content (AvgIpc) is 3.02. The van der Waals surface area contributed by atoms with Gasteiger partial charge in [-0.1, -0.05) is 12.1 Å². The van der Waals surface area contributed by atoms with Gasteiger partial charge in [0.25, 0.3) is 5.78 Å². The summed E-state index contributed by atoms with van der Waals surface area (Å²) >= 11 is 0. The van der Waals surface area contributed by atoms with Gasteiger partial charge < -0.3 is 10.1 Å². The van der Waals surface area contributed by atoms with Crippen LogP contribution in [-0.4, -0.2) is 31.7 Å². The summed E-state index contributed by atoms with van der Waals surface area (Å²) in [5.41, 5.74) is 2.23. The van der Waals surface area contributed by atoms with Crippen LogP contribution >= 0.6 is 0 Å². The zero-order valence-corrected chi connectivity index (χ0v) is 15.2. The fourth-order valence-corrected chi connectivity index (χ4v) is 2.75. The lowest BCUT2D eigenvalue weighted by Gasteiger charge is -2.16. The number of ether oxygens (including phenoxy) is 1. The molecule has 0 spiro atoms. The number of rotatable bonds is 7. The summed E-state index contributed by atoms with van der Waals surface area (Å²) in [6, 6.07) is 10.7. The molecule has 0 saturated carbocycles. The Kier molecular flexibility index (Phi) is 5.16. The normalized spacial score (nSPS) is 12.5. The summed E-state index contributed by atoms with van der Waals surface area (Å²) in [4.78, 5) is 8.52. The minimum Gasteiger partial charge on any atom is -0.491 e. The van der Waals surface area contributed by atoms with E-state index < -0.39 is 0 Å².